The lowest BCUT2D eigenvalue weighted by atomic mass is 10.1. The van der Waals surface area contributed by atoms with E-state index in [4.69, 9.17) is 14.0 Å². The quantitative estimate of drug-likeness (QED) is 0.718. The van der Waals surface area contributed by atoms with Gasteiger partial charge in [0.05, 0.1) is 16.3 Å². The highest BCUT2D eigenvalue weighted by Gasteiger charge is 2.21. The van der Waals surface area contributed by atoms with Crippen LogP contribution in [0.5, 0.6) is 11.5 Å². The fourth-order valence-corrected chi connectivity index (χ4v) is 4.31. The number of fused-ring (bicyclic) bond motifs is 1. The normalized spacial score (nSPS) is 13.0. The summed E-state index contributed by atoms with van der Waals surface area (Å²) in [6.07, 6.45) is 0.576. The predicted molar refractivity (Wildman–Crippen MR) is 99.4 cm³/mol. The van der Waals surface area contributed by atoms with Gasteiger partial charge in [0.2, 0.25) is 6.79 Å². The van der Waals surface area contributed by atoms with Gasteiger partial charge in [-0.05, 0) is 37.1 Å². The van der Waals surface area contributed by atoms with Crippen molar-refractivity contribution in [3.8, 4) is 22.8 Å². The van der Waals surface area contributed by atoms with Crippen LogP contribution in [0.15, 0.2) is 51.9 Å². The molecule has 1 aromatic heterocycles. The zero-order chi connectivity index (χ0) is 19.0. The number of rotatable bonds is 5. The molecule has 27 heavy (non-hydrogen) atoms. The van der Waals surface area contributed by atoms with E-state index in [1.165, 1.54) is 0 Å². The molecule has 0 unspecified atom stereocenters. The second-order valence-electron chi connectivity index (χ2n) is 6.18. The summed E-state index contributed by atoms with van der Waals surface area (Å²) in [6.45, 7) is 3.85. The Balaban J connectivity index is 1.71. The summed E-state index contributed by atoms with van der Waals surface area (Å²) in [5.74, 6) is 1.63. The zero-order valence-electron chi connectivity index (χ0n) is 14.9. The van der Waals surface area contributed by atoms with Crippen LogP contribution in [0.3, 0.4) is 0 Å². The summed E-state index contributed by atoms with van der Waals surface area (Å²) < 4.78 is 44.5. The third-order valence-corrected chi connectivity index (χ3v) is 5.74. The van der Waals surface area contributed by atoms with E-state index in [-0.39, 0.29) is 11.7 Å². The van der Waals surface area contributed by atoms with Crippen molar-refractivity contribution in [1.82, 2.24) is 5.16 Å². The maximum atomic E-state index is 13.0. The van der Waals surface area contributed by atoms with E-state index in [0.29, 0.717) is 40.5 Å². The van der Waals surface area contributed by atoms with Crippen molar-refractivity contribution < 1.29 is 22.4 Å². The Bertz CT molecular complexity index is 1110. The molecule has 0 atom stereocenters. The highest BCUT2D eigenvalue weighted by atomic mass is 32.2. The van der Waals surface area contributed by atoms with Crippen LogP contribution in [0.2, 0.25) is 0 Å². The Morgan fingerprint density at radius 1 is 1.07 bits per heavy atom. The average Bonchev–Trinajstić information content (AvgIpc) is 3.29. The van der Waals surface area contributed by atoms with Gasteiger partial charge in [0.25, 0.3) is 10.0 Å². The molecule has 0 spiro atoms. The van der Waals surface area contributed by atoms with Crippen molar-refractivity contribution in [2.45, 2.75) is 25.2 Å². The molecular weight excluding hydrogens is 368 g/mol. The van der Waals surface area contributed by atoms with Gasteiger partial charge in [-0.15, -0.1) is 0 Å². The molecule has 7 nitrogen and oxygen atoms in total. The van der Waals surface area contributed by atoms with Crippen molar-refractivity contribution in [3.05, 3.63) is 53.7 Å². The molecule has 0 radical (unpaired) electrons. The third kappa shape index (κ3) is 3.35. The van der Waals surface area contributed by atoms with E-state index >= 15 is 0 Å². The number of hydrogen-bond donors (Lipinski definition) is 1. The third-order valence-electron chi connectivity index (χ3n) is 4.27. The van der Waals surface area contributed by atoms with Gasteiger partial charge in [-0.2, -0.15) is 0 Å². The summed E-state index contributed by atoms with van der Waals surface area (Å²) in [5, 5.41) is 3.86. The van der Waals surface area contributed by atoms with E-state index in [9.17, 15) is 8.42 Å². The molecule has 2 heterocycles. The molecule has 140 valence electrons. The number of nitrogens with one attached hydrogen (secondary N) is 1. The van der Waals surface area contributed by atoms with Crippen LogP contribution in [-0.4, -0.2) is 20.4 Å². The Labute approximate surface area is 157 Å². The van der Waals surface area contributed by atoms with Gasteiger partial charge in [0, 0.05) is 17.7 Å². The molecule has 0 bridgehead atoms. The number of ether oxygens (including phenoxy) is 2. The van der Waals surface area contributed by atoms with E-state index in [1.807, 2.05) is 19.9 Å². The summed E-state index contributed by atoms with van der Waals surface area (Å²) in [6, 6.07) is 11.9. The first kappa shape index (κ1) is 17.4. The van der Waals surface area contributed by atoms with Gasteiger partial charge >= 0.3 is 0 Å². The molecule has 8 heteroatoms. The predicted octanol–water partition coefficient (Wildman–Crippen LogP) is 3.74. The van der Waals surface area contributed by atoms with Crippen LogP contribution in [-0.2, 0) is 16.4 Å². The topological polar surface area (TPSA) is 90.7 Å². The Morgan fingerprint density at radius 2 is 1.89 bits per heavy atom. The molecule has 0 aliphatic carbocycles. The highest BCUT2D eigenvalue weighted by molar-refractivity contribution is 7.92. The maximum Gasteiger partial charge on any atom is 0.262 e. The van der Waals surface area contributed by atoms with E-state index in [1.54, 1.807) is 36.4 Å². The zero-order valence-corrected chi connectivity index (χ0v) is 15.7. The largest absolute Gasteiger partial charge is 0.454 e. The number of benzene rings is 2. The fraction of sp³-hybridized carbons (Fsp3) is 0.211. The summed E-state index contributed by atoms with van der Waals surface area (Å²) in [4.78, 5) is 0.203. The van der Waals surface area contributed by atoms with Crippen LogP contribution in [0, 0.1) is 6.92 Å². The Hall–Kier alpha value is -3.00. The summed E-state index contributed by atoms with van der Waals surface area (Å²) in [5.41, 5.74) is 2.50. The van der Waals surface area contributed by atoms with E-state index in [0.717, 1.165) is 5.69 Å². The monoisotopic (exact) mass is 386 g/mol. The van der Waals surface area contributed by atoms with Gasteiger partial charge in [0.15, 0.2) is 17.3 Å². The molecule has 0 fully saturated rings. The molecule has 2 aromatic carbocycles. The van der Waals surface area contributed by atoms with Crippen molar-refractivity contribution in [3.63, 3.8) is 0 Å². The number of nitrogens with zero attached hydrogens (tertiary/aromatic N) is 1. The van der Waals surface area contributed by atoms with Gasteiger partial charge < -0.3 is 14.0 Å². The van der Waals surface area contributed by atoms with Crippen molar-refractivity contribution >= 4 is 15.7 Å². The molecule has 0 saturated heterocycles. The molecule has 0 saturated carbocycles. The fourth-order valence-electron chi connectivity index (χ4n) is 2.92. The molecule has 0 amide bonds. The second-order valence-corrected chi connectivity index (χ2v) is 7.83. The lowest BCUT2D eigenvalue weighted by Gasteiger charge is -2.13. The number of sulfonamides is 1. The van der Waals surface area contributed by atoms with Gasteiger partial charge in [0.1, 0.15) is 0 Å². The number of aromatic nitrogens is 1. The van der Waals surface area contributed by atoms with Crippen LogP contribution in [0.1, 0.15) is 18.2 Å². The highest BCUT2D eigenvalue weighted by Crippen LogP contribution is 2.35. The molecule has 1 aliphatic heterocycles. The smallest absolute Gasteiger partial charge is 0.262 e. The van der Waals surface area contributed by atoms with Gasteiger partial charge in [-0.3, -0.25) is 4.72 Å². The SMILES string of the molecule is CCc1ccc(-c2cc(C)no2)cc1S(=O)(=O)Nc1ccc2c(c1)OCO2. The Kier molecular flexibility index (Phi) is 4.27. The van der Waals surface area contributed by atoms with Crippen molar-refractivity contribution in [2.75, 3.05) is 11.5 Å². The lowest BCUT2D eigenvalue weighted by Crippen LogP contribution is -2.15. The first-order chi connectivity index (χ1) is 13.0. The minimum atomic E-state index is -3.81. The van der Waals surface area contributed by atoms with Crippen molar-refractivity contribution in [2.24, 2.45) is 0 Å². The minimum Gasteiger partial charge on any atom is -0.454 e. The summed E-state index contributed by atoms with van der Waals surface area (Å²) >= 11 is 0. The molecular formula is C19H18N2O5S. The summed E-state index contributed by atoms with van der Waals surface area (Å²) in [7, 11) is -3.81. The number of hydrogen-bond acceptors (Lipinski definition) is 6. The molecule has 4 rings (SSSR count). The van der Waals surface area contributed by atoms with Crippen LogP contribution in [0.4, 0.5) is 5.69 Å². The average molecular weight is 386 g/mol. The Morgan fingerprint density at radius 3 is 2.63 bits per heavy atom. The lowest BCUT2D eigenvalue weighted by molar-refractivity contribution is 0.174. The van der Waals surface area contributed by atoms with Crippen molar-refractivity contribution in [1.29, 1.82) is 0 Å². The molecule has 1 N–H and O–H groups in total. The first-order valence-corrected chi connectivity index (χ1v) is 9.93. The number of anilines is 1. The van der Waals surface area contributed by atoms with Gasteiger partial charge in [-0.1, -0.05) is 24.2 Å². The van der Waals surface area contributed by atoms with E-state index in [2.05, 4.69) is 9.88 Å². The van der Waals surface area contributed by atoms with E-state index < -0.39 is 10.0 Å². The first-order valence-electron chi connectivity index (χ1n) is 8.45. The van der Waals surface area contributed by atoms with Crippen LogP contribution in [0.25, 0.3) is 11.3 Å². The minimum absolute atomic E-state index is 0.129. The van der Waals surface area contributed by atoms with Crippen LogP contribution >= 0.6 is 0 Å². The van der Waals surface area contributed by atoms with Crippen LogP contribution < -0.4 is 14.2 Å². The second kappa shape index (κ2) is 6.62. The molecule has 3 aromatic rings. The standard InChI is InChI=1S/C19H18N2O5S/c1-3-13-4-5-14(17-8-12(2)20-26-17)9-19(13)27(22,23)21-15-6-7-16-18(10-15)25-11-24-16/h4-10,21H,3,11H2,1-2H3. The molecule has 1 aliphatic rings. The van der Waals surface area contributed by atoms with Gasteiger partial charge in [-0.25, -0.2) is 8.42 Å². The maximum absolute atomic E-state index is 13.0. The number of aryl methyl sites for hydroxylation is 2.